The van der Waals surface area contributed by atoms with Gasteiger partial charge in [0.05, 0.1) is 12.2 Å². The second kappa shape index (κ2) is 19.1. The molecule has 0 spiro atoms. The number of hydrogen-bond donors (Lipinski definition) is 1. The number of esters is 3. The average Bonchev–Trinajstić information content (AvgIpc) is 2.78. The van der Waals surface area contributed by atoms with Crippen molar-refractivity contribution in [2.45, 2.75) is 53.1 Å². The Labute approximate surface area is 203 Å². The van der Waals surface area contributed by atoms with Gasteiger partial charge in [0.25, 0.3) is 0 Å². The molecule has 0 unspecified atom stereocenters. The molecule has 1 aromatic rings. The first-order chi connectivity index (χ1) is 15.9. The standard InChI is InChI=1S/C15H18O2.C7H12O2.C5H8O3/c1-12(14(16)17-15(2,3)4)10-11-13-8-6-5-7-9-13;1-3-5-6-9-7(8)4-2;1-4(2)5(7)8-3-6/h5-11H,1H2,2-4H3;4H,2-3,5-6H2,1H3;6H,1,3H2,2H3. The quantitative estimate of drug-likeness (QED) is 0.132. The number of rotatable bonds is 9. The molecule has 34 heavy (non-hydrogen) atoms. The van der Waals surface area contributed by atoms with Gasteiger partial charge >= 0.3 is 17.9 Å². The van der Waals surface area contributed by atoms with E-state index in [0.717, 1.165) is 18.4 Å². The van der Waals surface area contributed by atoms with E-state index in [-0.39, 0.29) is 11.9 Å². The highest BCUT2D eigenvalue weighted by molar-refractivity contribution is 5.92. The molecule has 0 aliphatic heterocycles. The molecule has 0 atom stereocenters. The van der Waals surface area contributed by atoms with Gasteiger partial charge in [-0.2, -0.15) is 0 Å². The molecule has 1 N–H and O–H groups in total. The Morgan fingerprint density at radius 2 is 1.62 bits per heavy atom. The Hall–Kier alpha value is -3.45. The summed E-state index contributed by atoms with van der Waals surface area (Å²) in [5, 5.41) is 8.00. The van der Waals surface area contributed by atoms with Crippen molar-refractivity contribution < 1.29 is 33.7 Å². The minimum absolute atomic E-state index is 0.291. The van der Waals surface area contributed by atoms with Gasteiger partial charge in [-0.3, -0.25) is 0 Å². The first kappa shape index (κ1) is 32.7. The van der Waals surface area contributed by atoms with Crippen LogP contribution in [0.5, 0.6) is 0 Å². The Morgan fingerprint density at radius 1 is 1.03 bits per heavy atom. The fourth-order valence-electron chi connectivity index (χ4n) is 1.73. The molecule has 0 aromatic heterocycles. The minimum atomic E-state index is -0.578. The summed E-state index contributed by atoms with van der Waals surface area (Å²) in [6.45, 7) is 19.2. The van der Waals surface area contributed by atoms with E-state index >= 15 is 0 Å². The first-order valence-corrected chi connectivity index (χ1v) is 10.8. The van der Waals surface area contributed by atoms with Crippen LogP contribution in [0.4, 0.5) is 0 Å². The van der Waals surface area contributed by atoms with Crippen LogP contribution in [0.15, 0.2) is 73.4 Å². The molecule has 188 valence electrons. The molecular weight excluding hydrogens is 436 g/mol. The van der Waals surface area contributed by atoms with Crippen molar-refractivity contribution in [3.8, 4) is 0 Å². The van der Waals surface area contributed by atoms with Gasteiger partial charge in [-0.25, -0.2) is 14.4 Å². The molecule has 0 saturated carbocycles. The van der Waals surface area contributed by atoms with Crippen molar-refractivity contribution in [1.82, 2.24) is 0 Å². The second-order valence-electron chi connectivity index (χ2n) is 7.84. The van der Waals surface area contributed by atoms with Crippen molar-refractivity contribution in [3.05, 3.63) is 78.9 Å². The second-order valence-corrected chi connectivity index (χ2v) is 7.84. The molecule has 7 nitrogen and oxygen atoms in total. The van der Waals surface area contributed by atoms with Gasteiger partial charge in [-0.1, -0.05) is 69.5 Å². The first-order valence-electron chi connectivity index (χ1n) is 10.8. The molecule has 0 radical (unpaired) electrons. The molecule has 0 aliphatic carbocycles. The highest BCUT2D eigenvalue weighted by atomic mass is 16.6. The van der Waals surface area contributed by atoms with Crippen LogP contribution in [0.1, 0.15) is 53.0 Å². The maximum absolute atomic E-state index is 11.6. The zero-order valence-corrected chi connectivity index (χ0v) is 21.0. The van der Waals surface area contributed by atoms with E-state index in [1.807, 2.05) is 64.1 Å². The third kappa shape index (κ3) is 20.5. The summed E-state index contributed by atoms with van der Waals surface area (Å²) in [6.07, 6.45) is 6.66. The van der Waals surface area contributed by atoms with Crippen LogP contribution in [-0.4, -0.2) is 42.0 Å². The number of aliphatic hydroxyl groups excluding tert-OH is 1. The summed E-state index contributed by atoms with van der Waals surface area (Å²) in [4.78, 5) is 32.2. The van der Waals surface area contributed by atoms with Crippen LogP contribution < -0.4 is 0 Å². The minimum Gasteiger partial charge on any atom is -0.463 e. The van der Waals surface area contributed by atoms with Crippen molar-refractivity contribution in [1.29, 1.82) is 0 Å². The predicted octanol–water partition coefficient (Wildman–Crippen LogP) is 5.17. The lowest BCUT2D eigenvalue weighted by Crippen LogP contribution is -2.24. The van der Waals surface area contributed by atoms with Crippen LogP contribution in [-0.2, 0) is 28.6 Å². The van der Waals surface area contributed by atoms with Crippen LogP contribution in [0.3, 0.4) is 0 Å². The Bertz CT molecular complexity index is 815. The fourth-order valence-corrected chi connectivity index (χ4v) is 1.73. The van der Waals surface area contributed by atoms with Gasteiger partial charge in [-0.15, -0.1) is 0 Å². The molecular formula is C27H38O7. The zero-order chi connectivity index (χ0) is 26.6. The maximum atomic E-state index is 11.6. The highest BCUT2D eigenvalue weighted by Gasteiger charge is 2.17. The van der Waals surface area contributed by atoms with E-state index in [0.29, 0.717) is 17.8 Å². The summed E-state index contributed by atoms with van der Waals surface area (Å²) >= 11 is 0. The van der Waals surface area contributed by atoms with Crippen molar-refractivity contribution in [3.63, 3.8) is 0 Å². The number of aliphatic hydroxyl groups is 1. The van der Waals surface area contributed by atoms with Gasteiger partial charge in [0.1, 0.15) is 5.60 Å². The summed E-state index contributed by atoms with van der Waals surface area (Å²) in [5.74, 6) is -1.28. The topological polar surface area (TPSA) is 99.1 Å². The SMILES string of the molecule is C=C(C)C(=O)OCO.C=C(C=Cc1ccccc1)C(=O)OC(C)(C)C.C=CC(=O)OCCCC. The summed E-state index contributed by atoms with van der Waals surface area (Å²) in [6, 6.07) is 9.74. The molecule has 0 fully saturated rings. The number of hydrogen-bond acceptors (Lipinski definition) is 7. The smallest absolute Gasteiger partial charge is 0.338 e. The van der Waals surface area contributed by atoms with E-state index in [1.54, 1.807) is 6.08 Å². The molecule has 7 heteroatoms. The molecule has 0 saturated heterocycles. The maximum Gasteiger partial charge on any atom is 0.338 e. The van der Waals surface area contributed by atoms with Crippen LogP contribution in [0, 0.1) is 0 Å². The lowest BCUT2D eigenvalue weighted by Gasteiger charge is -2.19. The van der Waals surface area contributed by atoms with Crippen LogP contribution in [0.25, 0.3) is 6.08 Å². The monoisotopic (exact) mass is 474 g/mol. The molecule has 0 bridgehead atoms. The Kier molecular flexibility index (Phi) is 18.3. The Balaban J connectivity index is 0. The third-order valence-corrected chi connectivity index (χ3v) is 3.39. The van der Waals surface area contributed by atoms with Gasteiger partial charge in [-0.05, 0) is 45.8 Å². The number of carbonyl (C=O) groups is 3. The van der Waals surface area contributed by atoms with Crippen molar-refractivity contribution >= 4 is 24.0 Å². The van der Waals surface area contributed by atoms with Gasteiger partial charge < -0.3 is 19.3 Å². The van der Waals surface area contributed by atoms with Crippen LogP contribution >= 0.6 is 0 Å². The highest BCUT2D eigenvalue weighted by Crippen LogP contribution is 2.12. The van der Waals surface area contributed by atoms with Crippen molar-refractivity contribution in [2.24, 2.45) is 0 Å². The number of unbranched alkanes of at least 4 members (excludes halogenated alkanes) is 1. The molecule has 0 aliphatic rings. The van der Waals surface area contributed by atoms with Gasteiger partial charge in [0, 0.05) is 11.6 Å². The lowest BCUT2D eigenvalue weighted by molar-refractivity contribution is -0.149. The largest absolute Gasteiger partial charge is 0.463 e. The van der Waals surface area contributed by atoms with Crippen molar-refractivity contribution in [2.75, 3.05) is 13.4 Å². The molecule has 0 heterocycles. The zero-order valence-electron chi connectivity index (χ0n) is 21.0. The van der Waals surface area contributed by atoms with Gasteiger partial charge in [0.15, 0.2) is 6.79 Å². The lowest BCUT2D eigenvalue weighted by atomic mass is 10.1. The van der Waals surface area contributed by atoms with E-state index in [4.69, 9.17) is 9.84 Å². The van der Waals surface area contributed by atoms with E-state index < -0.39 is 18.4 Å². The number of carbonyl (C=O) groups excluding carboxylic acids is 3. The average molecular weight is 475 g/mol. The predicted molar refractivity (Wildman–Crippen MR) is 135 cm³/mol. The molecule has 1 rings (SSSR count). The number of ether oxygens (including phenoxy) is 3. The van der Waals surface area contributed by atoms with E-state index in [9.17, 15) is 14.4 Å². The third-order valence-electron chi connectivity index (χ3n) is 3.39. The molecule has 1 aromatic carbocycles. The summed E-state index contributed by atoms with van der Waals surface area (Å²) < 4.78 is 14.0. The fraction of sp³-hybridized carbons (Fsp3) is 0.370. The van der Waals surface area contributed by atoms with E-state index in [2.05, 4.69) is 29.2 Å². The normalized spacial score (nSPS) is 9.94. The summed E-state index contributed by atoms with van der Waals surface area (Å²) in [5.41, 5.74) is 1.18. The Morgan fingerprint density at radius 3 is 2.03 bits per heavy atom. The van der Waals surface area contributed by atoms with E-state index in [1.165, 1.54) is 13.0 Å². The van der Waals surface area contributed by atoms with Gasteiger partial charge in [0.2, 0.25) is 0 Å². The summed E-state index contributed by atoms with van der Waals surface area (Å²) in [7, 11) is 0. The van der Waals surface area contributed by atoms with Crippen LogP contribution in [0.2, 0.25) is 0 Å². The number of benzene rings is 1. The molecule has 0 amide bonds.